The minimum absolute atomic E-state index is 0.0158. The largest absolute Gasteiger partial charge is 0.506 e. The SMILES string of the molecule is CCN(CC)S(=O)(=O)c1ccc(O)c(NC(=O)c2ccc3c(c2)NC(=O)[C@H](C)S3)c1. The summed E-state index contributed by atoms with van der Waals surface area (Å²) in [5, 5.41) is 15.2. The number of sulfonamides is 1. The topological polar surface area (TPSA) is 116 Å². The van der Waals surface area contributed by atoms with Crippen LogP contribution in [-0.4, -0.2) is 48.0 Å². The molecular formula is C20H23N3O5S2. The summed E-state index contributed by atoms with van der Waals surface area (Å²) in [5.74, 6) is -0.933. The summed E-state index contributed by atoms with van der Waals surface area (Å²) in [4.78, 5) is 25.4. The van der Waals surface area contributed by atoms with Crippen molar-refractivity contribution in [2.24, 2.45) is 0 Å². The summed E-state index contributed by atoms with van der Waals surface area (Å²) in [6.45, 7) is 5.87. The molecule has 0 saturated heterocycles. The fourth-order valence-electron chi connectivity index (χ4n) is 3.03. The van der Waals surface area contributed by atoms with Crippen molar-refractivity contribution >= 4 is 45.0 Å². The second-order valence-corrected chi connectivity index (χ2v) is 10.0. The maximum atomic E-state index is 12.7. The minimum Gasteiger partial charge on any atom is -0.506 e. The number of phenols is 1. The second kappa shape index (κ2) is 8.66. The summed E-state index contributed by atoms with van der Waals surface area (Å²) in [7, 11) is -3.74. The Morgan fingerprint density at radius 3 is 2.57 bits per heavy atom. The van der Waals surface area contributed by atoms with E-state index in [0.717, 1.165) is 4.90 Å². The van der Waals surface area contributed by atoms with Crippen LogP contribution >= 0.6 is 11.8 Å². The number of aromatic hydroxyl groups is 1. The molecule has 2 aromatic rings. The molecule has 3 rings (SSSR count). The molecule has 30 heavy (non-hydrogen) atoms. The van der Waals surface area contributed by atoms with Gasteiger partial charge in [-0.25, -0.2) is 8.42 Å². The van der Waals surface area contributed by atoms with Crippen molar-refractivity contribution < 1.29 is 23.1 Å². The van der Waals surface area contributed by atoms with Crippen LogP contribution in [0, 0.1) is 0 Å². The number of hydrogen-bond donors (Lipinski definition) is 3. The number of benzene rings is 2. The number of fused-ring (bicyclic) bond motifs is 1. The Kier molecular flexibility index (Phi) is 6.39. The molecule has 0 spiro atoms. The molecule has 2 aromatic carbocycles. The van der Waals surface area contributed by atoms with E-state index in [2.05, 4.69) is 10.6 Å². The molecule has 0 saturated carbocycles. The van der Waals surface area contributed by atoms with Crippen molar-refractivity contribution in [2.75, 3.05) is 23.7 Å². The molecular weight excluding hydrogens is 426 g/mol. The van der Waals surface area contributed by atoms with Crippen LogP contribution in [0.25, 0.3) is 0 Å². The molecule has 160 valence electrons. The number of nitrogens with zero attached hydrogens (tertiary/aromatic N) is 1. The summed E-state index contributed by atoms with van der Waals surface area (Å²) in [6.07, 6.45) is 0. The van der Waals surface area contributed by atoms with E-state index in [1.165, 1.54) is 34.3 Å². The Bertz CT molecular complexity index is 1100. The second-order valence-electron chi connectivity index (χ2n) is 6.68. The Morgan fingerprint density at radius 2 is 1.90 bits per heavy atom. The van der Waals surface area contributed by atoms with Gasteiger partial charge in [0, 0.05) is 23.5 Å². The molecule has 3 N–H and O–H groups in total. The Balaban J connectivity index is 1.87. The van der Waals surface area contributed by atoms with E-state index < -0.39 is 15.9 Å². The Morgan fingerprint density at radius 1 is 1.20 bits per heavy atom. The lowest BCUT2D eigenvalue weighted by Crippen LogP contribution is -2.30. The van der Waals surface area contributed by atoms with Gasteiger partial charge in [0.1, 0.15) is 5.75 Å². The molecule has 1 aliphatic heterocycles. The normalized spacial score (nSPS) is 16.1. The fraction of sp³-hybridized carbons (Fsp3) is 0.300. The van der Waals surface area contributed by atoms with Crippen molar-refractivity contribution in [3.05, 3.63) is 42.0 Å². The average molecular weight is 450 g/mol. The number of thioether (sulfide) groups is 1. The van der Waals surface area contributed by atoms with Gasteiger partial charge in [-0.3, -0.25) is 9.59 Å². The summed E-state index contributed by atoms with van der Waals surface area (Å²) < 4.78 is 26.7. The molecule has 0 fully saturated rings. The predicted molar refractivity (Wildman–Crippen MR) is 117 cm³/mol. The fourth-order valence-corrected chi connectivity index (χ4v) is 5.45. The van der Waals surface area contributed by atoms with Crippen LogP contribution in [0.3, 0.4) is 0 Å². The van der Waals surface area contributed by atoms with Gasteiger partial charge in [-0.1, -0.05) is 13.8 Å². The molecule has 10 heteroatoms. The van der Waals surface area contributed by atoms with Crippen molar-refractivity contribution in [1.29, 1.82) is 0 Å². The number of hydrogen-bond acceptors (Lipinski definition) is 6. The average Bonchev–Trinajstić information content (AvgIpc) is 2.70. The Labute approximate surface area is 179 Å². The highest BCUT2D eigenvalue weighted by Gasteiger charge is 2.25. The number of nitrogens with one attached hydrogen (secondary N) is 2. The minimum atomic E-state index is -3.74. The lowest BCUT2D eigenvalue weighted by molar-refractivity contribution is -0.115. The third-order valence-corrected chi connectivity index (χ3v) is 7.96. The maximum absolute atomic E-state index is 12.7. The highest BCUT2D eigenvalue weighted by molar-refractivity contribution is 8.01. The molecule has 0 bridgehead atoms. The van der Waals surface area contributed by atoms with Gasteiger partial charge in [-0.15, -0.1) is 11.8 Å². The first kappa shape index (κ1) is 22.1. The number of phenolic OH excluding ortho intramolecular Hbond substituents is 1. The standard InChI is InChI=1S/C20H23N3O5S2/c1-4-23(5-2)30(27,28)14-7-8-17(24)15(11-14)21-20(26)13-6-9-18-16(10-13)22-19(25)12(3)29-18/h6-12,24H,4-5H2,1-3H3,(H,21,26)(H,22,25)/t12-/m0/s1. The lowest BCUT2D eigenvalue weighted by Gasteiger charge is -2.22. The third kappa shape index (κ3) is 4.30. The van der Waals surface area contributed by atoms with E-state index in [1.807, 2.05) is 0 Å². The van der Waals surface area contributed by atoms with Crippen molar-refractivity contribution in [2.45, 2.75) is 35.8 Å². The van der Waals surface area contributed by atoms with E-state index >= 15 is 0 Å². The monoisotopic (exact) mass is 449 g/mol. The van der Waals surface area contributed by atoms with Gasteiger partial charge in [0.25, 0.3) is 5.91 Å². The highest BCUT2D eigenvalue weighted by Crippen LogP contribution is 2.36. The first-order chi connectivity index (χ1) is 14.2. The van der Waals surface area contributed by atoms with E-state index in [0.29, 0.717) is 18.8 Å². The molecule has 8 nitrogen and oxygen atoms in total. The van der Waals surface area contributed by atoms with Crippen LogP contribution in [0.2, 0.25) is 0 Å². The van der Waals surface area contributed by atoms with Crippen LogP contribution in [0.4, 0.5) is 11.4 Å². The van der Waals surface area contributed by atoms with Crippen molar-refractivity contribution in [3.8, 4) is 5.75 Å². The van der Waals surface area contributed by atoms with Crippen LogP contribution in [0.5, 0.6) is 5.75 Å². The number of carbonyl (C=O) groups excluding carboxylic acids is 2. The predicted octanol–water partition coefficient (Wildman–Crippen LogP) is 3.11. The lowest BCUT2D eigenvalue weighted by atomic mass is 10.1. The molecule has 0 aromatic heterocycles. The van der Waals surface area contributed by atoms with Crippen LogP contribution in [0.1, 0.15) is 31.1 Å². The first-order valence-corrected chi connectivity index (χ1v) is 11.8. The van der Waals surface area contributed by atoms with Gasteiger partial charge < -0.3 is 15.7 Å². The van der Waals surface area contributed by atoms with Crippen LogP contribution in [0.15, 0.2) is 46.2 Å². The zero-order valence-electron chi connectivity index (χ0n) is 16.8. The third-order valence-electron chi connectivity index (χ3n) is 4.73. The zero-order valence-corrected chi connectivity index (χ0v) is 18.4. The zero-order chi connectivity index (χ0) is 22.1. The van der Waals surface area contributed by atoms with Gasteiger partial charge in [0.05, 0.1) is 21.5 Å². The van der Waals surface area contributed by atoms with Gasteiger partial charge in [0.2, 0.25) is 15.9 Å². The molecule has 2 amide bonds. The maximum Gasteiger partial charge on any atom is 0.255 e. The number of carbonyl (C=O) groups is 2. The van der Waals surface area contributed by atoms with Crippen molar-refractivity contribution in [3.63, 3.8) is 0 Å². The smallest absolute Gasteiger partial charge is 0.255 e. The number of amides is 2. The Hall–Kier alpha value is -2.56. The summed E-state index contributed by atoms with van der Waals surface area (Å²) in [6, 6.07) is 8.67. The number of anilines is 2. The molecule has 0 aliphatic carbocycles. The van der Waals surface area contributed by atoms with Crippen LogP contribution < -0.4 is 10.6 Å². The molecule has 0 unspecified atom stereocenters. The van der Waals surface area contributed by atoms with Gasteiger partial charge in [0.15, 0.2) is 0 Å². The molecule has 1 aliphatic rings. The molecule has 0 radical (unpaired) electrons. The van der Waals surface area contributed by atoms with Crippen LogP contribution in [-0.2, 0) is 14.8 Å². The quantitative estimate of drug-likeness (QED) is 0.584. The van der Waals surface area contributed by atoms with Crippen molar-refractivity contribution in [1.82, 2.24) is 4.31 Å². The highest BCUT2D eigenvalue weighted by atomic mass is 32.2. The number of rotatable bonds is 6. The van der Waals surface area contributed by atoms with E-state index in [9.17, 15) is 23.1 Å². The summed E-state index contributed by atoms with van der Waals surface area (Å²) >= 11 is 1.40. The molecule has 1 heterocycles. The summed E-state index contributed by atoms with van der Waals surface area (Å²) in [5.41, 5.74) is 0.788. The molecule has 1 atom stereocenters. The van der Waals surface area contributed by atoms with Gasteiger partial charge in [-0.2, -0.15) is 4.31 Å². The van der Waals surface area contributed by atoms with E-state index in [1.54, 1.807) is 39.0 Å². The van der Waals surface area contributed by atoms with E-state index in [-0.39, 0.29) is 33.1 Å². The van der Waals surface area contributed by atoms with E-state index in [4.69, 9.17) is 0 Å². The van der Waals surface area contributed by atoms with Gasteiger partial charge in [-0.05, 0) is 43.3 Å². The first-order valence-electron chi connectivity index (χ1n) is 9.43. The van der Waals surface area contributed by atoms with Gasteiger partial charge >= 0.3 is 0 Å².